The van der Waals surface area contributed by atoms with E-state index in [9.17, 15) is 21.6 Å². The summed E-state index contributed by atoms with van der Waals surface area (Å²) in [6.45, 7) is 0. The van der Waals surface area contributed by atoms with Gasteiger partial charge in [0.05, 0.1) is 11.7 Å². The van der Waals surface area contributed by atoms with Gasteiger partial charge in [-0.1, -0.05) is 66.7 Å². The molecule has 3 aromatic rings. The van der Waals surface area contributed by atoms with E-state index in [1.165, 1.54) is 12.1 Å². The van der Waals surface area contributed by atoms with Gasteiger partial charge in [0.1, 0.15) is 0 Å². The highest BCUT2D eigenvalue weighted by atomic mass is 32.2. The molecular weight excluding hydrogens is 387 g/mol. The Bertz CT molecular complexity index is 1160. The Morgan fingerprint density at radius 3 is 2.18 bits per heavy atom. The Labute approximate surface area is 160 Å². The molecule has 3 nitrogen and oxygen atoms in total. The number of fused-ring (bicyclic) bond motifs is 2. The first-order valence-electron chi connectivity index (χ1n) is 8.63. The zero-order valence-electron chi connectivity index (χ0n) is 14.6. The predicted octanol–water partition coefficient (Wildman–Crippen LogP) is 5.13. The molecule has 0 saturated carbocycles. The van der Waals surface area contributed by atoms with Gasteiger partial charge in [-0.25, -0.2) is 0 Å². The van der Waals surface area contributed by atoms with Crippen LogP contribution >= 0.6 is 0 Å². The van der Waals surface area contributed by atoms with Gasteiger partial charge in [0.25, 0.3) is 0 Å². The van der Waals surface area contributed by atoms with Crippen molar-refractivity contribution >= 4 is 32.6 Å². The quantitative estimate of drug-likeness (QED) is 0.608. The third kappa shape index (κ3) is 3.16. The maximum absolute atomic E-state index is 13.4. The lowest BCUT2D eigenvalue weighted by Crippen LogP contribution is -2.44. The van der Waals surface area contributed by atoms with Crippen molar-refractivity contribution in [1.82, 2.24) is 0 Å². The Hall–Kier alpha value is -2.80. The molecule has 7 heteroatoms. The normalized spacial score (nSPS) is 17.4. The van der Waals surface area contributed by atoms with Crippen LogP contribution in [0.25, 0.3) is 16.8 Å². The summed E-state index contributed by atoms with van der Waals surface area (Å²) in [7, 11) is -5.53. The van der Waals surface area contributed by atoms with E-state index < -0.39 is 21.6 Å². The van der Waals surface area contributed by atoms with Crippen LogP contribution in [0.5, 0.6) is 0 Å². The molecule has 0 unspecified atom stereocenters. The number of benzene rings is 3. The fourth-order valence-electron chi connectivity index (χ4n) is 3.48. The molecule has 0 saturated heterocycles. The largest absolute Gasteiger partial charge is 0.516 e. The lowest BCUT2D eigenvalue weighted by Gasteiger charge is -2.26. The van der Waals surface area contributed by atoms with Crippen molar-refractivity contribution < 1.29 is 21.6 Å². The Balaban J connectivity index is 1.84. The van der Waals surface area contributed by atoms with Crippen molar-refractivity contribution in [3.05, 3.63) is 83.9 Å². The first kappa shape index (κ1) is 18.6. The topological polar surface area (TPSA) is 37.4 Å². The number of hydrogen-bond donors (Lipinski definition) is 0. The summed E-state index contributed by atoms with van der Waals surface area (Å²) in [5.41, 5.74) is -3.93. The highest BCUT2D eigenvalue weighted by Gasteiger charge is 2.53. The van der Waals surface area contributed by atoms with Crippen LogP contribution in [0.1, 0.15) is 11.1 Å². The number of alkyl halides is 3. The summed E-state index contributed by atoms with van der Waals surface area (Å²) in [5, 5.41) is 1.55. The second-order valence-electron chi connectivity index (χ2n) is 6.62. The summed E-state index contributed by atoms with van der Waals surface area (Å²) < 4.78 is 65.3. The molecule has 1 aliphatic heterocycles. The van der Waals surface area contributed by atoms with Gasteiger partial charge in [-0.15, -0.1) is 0 Å². The van der Waals surface area contributed by atoms with Crippen LogP contribution in [-0.4, -0.2) is 20.0 Å². The lowest BCUT2D eigenvalue weighted by atomic mass is 10.0. The summed E-state index contributed by atoms with van der Waals surface area (Å²) >= 11 is 0. The van der Waals surface area contributed by atoms with Crippen LogP contribution in [0, 0.1) is 0 Å². The lowest BCUT2D eigenvalue weighted by molar-refractivity contribution is -0.0439. The number of sulfonamides is 1. The third-order valence-electron chi connectivity index (χ3n) is 4.78. The first-order valence-corrected chi connectivity index (χ1v) is 10.1. The second-order valence-corrected chi connectivity index (χ2v) is 8.42. The number of rotatable bonds is 3. The van der Waals surface area contributed by atoms with Crippen molar-refractivity contribution in [3.63, 3.8) is 0 Å². The average molecular weight is 403 g/mol. The number of nitrogens with zero attached hydrogens (tertiary/aromatic N) is 1. The van der Waals surface area contributed by atoms with Crippen molar-refractivity contribution in [2.75, 3.05) is 4.31 Å². The van der Waals surface area contributed by atoms with E-state index in [1.54, 1.807) is 48.5 Å². The second kappa shape index (κ2) is 6.67. The van der Waals surface area contributed by atoms with Gasteiger partial charge in [-0.2, -0.15) is 21.6 Å². The highest BCUT2D eigenvalue weighted by molar-refractivity contribution is 7.93. The first-order chi connectivity index (χ1) is 13.3. The fourth-order valence-corrected chi connectivity index (χ4v) is 4.64. The molecule has 1 aliphatic rings. The maximum atomic E-state index is 13.4. The smallest absolute Gasteiger partial charge is 0.255 e. The molecule has 3 aromatic carbocycles. The minimum absolute atomic E-state index is 0.0822. The molecule has 0 radical (unpaired) electrons. The van der Waals surface area contributed by atoms with Gasteiger partial charge in [-0.05, 0) is 40.5 Å². The van der Waals surface area contributed by atoms with Gasteiger partial charge in [0.15, 0.2) is 0 Å². The van der Waals surface area contributed by atoms with Crippen LogP contribution in [0.15, 0.2) is 72.8 Å². The minimum atomic E-state index is -5.53. The van der Waals surface area contributed by atoms with E-state index in [-0.39, 0.29) is 12.1 Å². The zero-order valence-corrected chi connectivity index (χ0v) is 15.4. The Morgan fingerprint density at radius 1 is 0.929 bits per heavy atom. The molecule has 4 rings (SSSR count). The molecular formula is C21H16F3NO2S. The van der Waals surface area contributed by atoms with Gasteiger partial charge in [-0.3, -0.25) is 4.31 Å². The average Bonchev–Trinajstić information content (AvgIpc) is 3.02. The molecule has 0 amide bonds. The Morgan fingerprint density at radius 2 is 1.54 bits per heavy atom. The SMILES string of the molecule is O=S(=O)(N1c2cc3ccccc3cc2C[C@H]1/C=C/c1ccccc1)C(F)(F)F. The molecule has 0 fully saturated rings. The van der Waals surface area contributed by atoms with E-state index in [0.29, 0.717) is 15.3 Å². The molecule has 0 bridgehead atoms. The monoisotopic (exact) mass is 403 g/mol. The van der Waals surface area contributed by atoms with E-state index in [2.05, 4.69) is 0 Å². The van der Waals surface area contributed by atoms with Crippen molar-refractivity contribution in [2.24, 2.45) is 0 Å². The molecule has 0 aromatic heterocycles. The van der Waals surface area contributed by atoms with Gasteiger partial charge < -0.3 is 0 Å². The highest BCUT2D eigenvalue weighted by Crippen LogP contribution is 2.42. The summed E-state index contributed by atoms with van der Waals surface area (Å²) in [4.78, 5) is 0. The third-order valence-corrected chi connectivity index (χ3v) is 6.35. The van der Waals surface area contributed by atoms with Crippen LogP contribution in [0.3, 0.4) is 0 Å². The molecule has 0 spiro atoms. The van der Waals surface area contributed by atoms with E-state index in [4.69, 9.17) is 0 Å². The summed E-state index contributed by atoms with van der Waals surface area (Å²) in [6, 6.07) is 18.6. The minimum Gasteiger partial charge on any atom is -0.255 e. The van der Waals surface area contributed by atoms with Crippen LogP contribution in [0.4, 0.5) is 18.9 Å². The van der Waals surface area contributed by atoms with Crippen molar-refractivity contribution in [2.45, 2.75) is 18.0 Å². The van der Waals surface area contributed by atoms with E-state index in [0.717, 1.165) is 10.9 Å². The fraction of sp³-hybridized carbons (Fsp3) is 0.143. The Kier molecular flexibility index (Phi) is 4.42. The van der Waals surface area contributed by atoms with E-state index >= 15 is 0 Å². The maximum Gasteiger partial charge on any atom is 0.516 e. The summed E-state index contributed by atoms with van der Waals surface area (Å²) in [6.07, 6.45) is 3.34. The van der Waals surface area contributed by atoms with Crippen LogP contribution in [-0.2, 0) is 16.4 Å². The van der Waals surface area contributed by atoms with Gasteiger partial charge in [0, 0.05) is 0 Å². The van der Waals surface area contributed by atoms with Gasteiger partial charge >= 0.3 is 15.5 Å². The zero-order chi connectivity index (χ0) is 19.9. The molecule has 0 aliphatic carbocycles. The molecule has 0 N–H and O–H groups in total. The predicted molar refractivity (Wildman–Crippen MR) is 104 cm³/mol. The van der Waals surface area contributed by atoms with E-state index in [1.807, 2.05) is 18.2 Å². The number of halogens is 3. The van der Waals surface area contributed by atoms with Crippen LogP contribution < -0.4 is 4.31 Å². The molecule has 1 atom stereocenters. The van der Waals surface area contributed by atoms with Crippen molar-refractivity contribution in [3.8, 4) is 0 Å². The summed E-state index contributed by atoms with van der Waals surface area (Å²) in [5.74, 6) is 0. The van der Waals surface area contributed by atoms with Crippen molar-refractivity contribution in [1.29, 1.82) is 0 Å². The molecule has 1 heterocycles. The number of hydrogen-bond acceptors (Lipinski definition) is 2. The molecule has 28 heavy (non-hydrogen) atoms. The standard InChI is InChI=1S/C21H16F3NO2S/c22-21(23,24)28(26,27)25-19(11-10-15-6-2-1-3-7-15)13-18-12-16-8-4-5-9-17(16)14-20(18)25/h1-12,14,19H,13H2/b11-10+/t19-/m1/s1. The number of anilines is 1. The van der Waals surface area contributed by atoms with Crippen LogP contribution in [0.2, 0.25) is 0 Å². The molecule has 144 valence electrons. The van der Waals surface area contributed by atoms with Gasteiger partial charge in [0.2, 0.25) is 0 Å².